The van der Waals surface area contributed by atoms with Gasteiger partial charge >= 0.3 is 5.97 Å². The zero-order valence-electron chi connectivity index (χ0n) is 14.1. The van der Waals surface area contributed by atoms with Gasteiger partial charge in [0.1, 0.15) is 6.21 Å². The molecule has 0 aliphatic carbocycles. The van der Waals surface area contributed by atoms with Crippen molar-refractivity contribution < 1.29 is 9.53 Å². The zero-order valence-corrected chi connectivity index (χ0v) is 14.1. The number of allylic oxidation sites excluding steroid dienone is 2. The van der Waals surface area contributed by atoms with Crippen molar-refractivity contribution in [1.82, 2.24) is 0 Å². The molecule has 0 aliphatic heterocycles. The summed E-state index contributed by atoms with van der Waals surface area (Å²) >= 11 is 0. The van der Waals surface area contributed by atoms with Crippen LogP contribution in [0, 0.1) is 0 Å². The van der Waals surface area contributed by atoms with E-state index >= 15 is 0 Å². The molecular weight excluding hydrogens is 312 g/mol. The Hall–Kier alpha value is -3.27. The van der Waals surface area contributed by atoms with Gasteiger partial charge in [-0.1, -0.05) is 72.8 Å². The maximum atomic E-state index is 11.3. The molecule has 25 heavy (non-hydrogen) atoms. The first-order valence-electron chi connectivity index (χ1n) is 8.02. The highest BCUT2D eigenvalue weighted by molar-refractivity contribution is 6.23. The van der Waals surface area contributed by atoms with E-state index in [0.29, 0.717) is 12.3 Å². The van der Waals surface area contributed by atoms with Crippen LogP contribution in [0.25, 0.3) is 12.2 Å². The van der Waals surface area contributed by atoms with Gasteiger partial charge in [-0.25, -0.2) is 4.79 Å². The van der Waals surface area contributed by atoms with E-state index in [1.807, 2.05) is 85.0 Å². The topological polar surface area (TPSA) is 51.0 Å². The van der Waals surface area contributed by atoms with E-state index in [-0.39, 0.29) is 0 Å². The Bertz CT molecular complexity index is 725. The van der Waals surface area contributed by atoms with Crippen molar-refractivity contribution in [2.24, 2.45) is 10.2 Å². The van der Waals surface area contributed by atoms with Crippen molar-refractivity contribution in [2.45, 2.75) is 6.92 Å². The molecule has 0 unspecified atom stereocenters. The van der Waals surface area contributed by atoms with Crippen LogP contribution in [0.1, 0.15) is 18.1 Å². The standard InChI is InChI=1S/C21H20N2O2/c1-2-25-21(24)17-22-23-20(15-13-18-9-5-3-6-10-18)16-14-19-11-7-4-8-12-19/h3-17H,2H2,1H3/b15-13-,16-14+,22-17-,23-20?. The van der Waals surface area contributed by atoms with E-state index in [1.54, 1.807) is 6.92 Å². The van der Waals surface area contributed by atoms with Crippen LogP contribution in [0.15, 0.2) is 83.0 Å². The van der Waals surface area contributed by atoms with Crippen molar-refractivity contribution in [3.05, 3.63) is 83.9 Å². The first kappa shape index (κ1) is 18.1. The summed E-state index contributed by atoms with van der Waals surface area (Å²) in [6.07, 6.45) is 8.63. The minimum absolute atomic E-state index is 0.309. The first-order valence-corrected chi connectivity index (χ1v) is 8.02. The van der Waals surface area contributed by atoms with Crippen LogP contribution in [0.2, 0.25) is 0 Å². The highest BCUT2D eigenvalue weighted by atomic mass is 16.5. The predicted octanol–water partition coefficient (Wildman–Crippen LogP) is 4.40. The van der Waals surface area contributed by atoms with Crippen LogP contribution in [0.3, 0.4) is 0 Å². The van der Waals surface area contributed by atoms with Gasteiger partial charge in [-0.15, -0.1) is 0 Å². The number of nitrogens with zero attached hydrogens (tertiary/aromatic N) is 2. The average Bonchev–Trinajstić information content (AvgIpc) is 2.65. The van der Waals surface area contributed by atoms with Crippen LogP contribution < -0.4 is 0 Å². The molecule has 2 aromatic rings. The smallest absolute Gasteiger partial charge is 0.351 e. The van der Waals surface area contributed by atoms with Crippen molar-refractivity contribution in [2.75, 3.05) is 6.61 Å². The normalized spacial score (nSPS) is 12.3. The highest BCUT2D eigenvalue weighted by Crippen LogP contribution is 2.05. The Kier molecular flexibility index (Phi) is 7.59. The molecule has 0 heterocycles. The molecule has 0 saturated heterocycles. The van der Waals surface area contributed by atoms with Crippen LogP contribution in [-0.4, -0.2) is 24.5 Å². The van der Waals surface area contributed by atoms with E-state index in [1.165, 1.54) is 0 Å². The fraction of sp³-hybridized carbons (Fsp3) is 0.0952. The quantitative estimate of drug-likeness (QED) is 0.428. The number of benzene rings is 2. The zero-order chi connectivity index (χ0) is 17.7. The number of esters is 1. The third kappa shape index (κ3) is 7.22. The Morgan fingerprint density at radius 2 is 1.44 bits per heavy atom. The molecule has 0 bridgehead atoms. The molecular formula is C21H20N2O2. The average molecular weight is 332 g/mol. The fourth-order valence-electron chi connectivity index (χ4n) is 1.94. The number of carbonyl (C=O) groups excluding carboxylic acids is 1. The molecule has 0 aliphatic rings. The minimum atomic E-state index is -0.510. The Balaban J connectivity index is 2.17. The number of rotatable bonds is 7. The van der Waals surface area contributed by atoms with Crippen molar-refractivity contribution in [1.29, 1.82) is 0 Å². The Morgan fingerprint density at radius 1 is 0.920 bits per heavy atom. The third-order valence-electron chi connectivity index (χ3n) is 3.12. The lowest BCUT2D eigenvalue weighted by Crippen LogP contribution is -2.04. The summed E-state index contributed by atoms with van der Waals surface area (Å²) in [4.78, 5) is 11.3. The molecule has 0 fully saturated rings. The molecule has 0 aromatic heterocycles. The molecule has 2 rings (SSSR count). The number of hydrogen-bond acceptors (Lipinski definition) is 4. The fourth-order valence-corrected chi connectivity index (χ4v) is 1.94. The minimum Gasteiger partial charge on any atom is -0.462 e. The second kappa shape index (κ2) is 10.5. The van der Waals surface area contributed by atoms with Crippen molar-refractivity contribution in [3.63, 3.8) is 0 Å². The van der Waals surface area contributed by atoms with Crippen molar-refractivity contribution >= 4 is 30.0 Å². The summed E-state index contributed by atoms with van der Waals surface area (Å²) < 4.78 is 4.79. The monoisotopic (exact) mass is 332 g/mol. The second-order valence-corrected chi connectivity index (χ2v) is 5.01. The lowest BCUT2D eigenvalue weighted by molar-refractivity contribution is -0.134. The molecule has 0 amide bonds. The first-order chi connectivity index (χ1) is 12.3. The van der Waals surface area contributed by atoms with Gasteiger partial charge in [0.2, 0.25) is 0 Å². The van der Waals surface area contributed by atoms with Crippen molar-refractivity contribution in [3.8, 4) is 0 Å². The number of hydrogen-bond donors (Lipinski definition) is 0. The summed E-state index contributed by atoms with van der Waals surface area (Å²) in [5.74, 6) is -0.510. The second-order valence-electron chi connectivity index (χ2n) is 5.01. The van der Waals surface area contributed by atoms with Gasteiger partial charge in [0.15, 0.2) is 0 Å². The molecule has 0 radical (unpaired) electrons. The molecule has 4 nitrogen and oxygen atoms in total. The maximum absolute atomic E-state index is 11.3. The van der Waals surface area contributed by atoms with Gasteiger partial charge in [0, 0.05) is 0 Å². The van der Waals surface area contributed by atoms with Crippen LogP contribution in [0.5, 0.6) is 0 Å². The van der Waals surface area contributed by atoms with Gasteiger partial charge in [0.05, 0.1) is 12.3 Å². The Morgan fingerprint density at radius 3 is 1.92 bits per heavy atom. The lowest BCUT2D eigenvalue weighted by atomic mass is 10.1. The van der Waals surface area contributed by atoms with E-state index in [0.717, 1.165) is 17.3 Å². The maximum Gasteiger partial charge on any atom is 0.351 e. The molecule has 2 aromatic carbocycles. The molecule has 0 spiro atoms. The third-order valence-corrected chi connectivity index (χ3v) is 3.12. The van der Waals surface area contributed by atoms with Gasteiger partial charge in [-0.3, -0.25) is 0 Å². The van der Waals surface area contributed by atoms with Gasteiger partial charge in [-0.2, -0.15) is 10.2 Å². The van der Waals surface area contributed by atoms with Crippen LogP contribution in [0.4, 0.5) is 0 Å². The van der Waals surface area contributed by atoms with Gasteiger partial charge < -0.3 is 4.74 Å². The highest BCUT2D eigenvalue weighted by Gasteiger charge is 1.94. The number of ether oxygens (including phenoxy) is 1. The lowest BCUT2D eigenvalue weighted by Gasteiger charge is -1.95. The molecule has 126 valence electrons. The summed E-state index contributed by atoms with van der Waals surface area (Å²) in [5, 5.41) is 7.89. The molecule has 0 N–H and O–H groups in total. The summed E-state index contributed by atoms with van der Waals surface area (Å²) in [6.45, 7) is 2.05. The Labute approximate surface area is 147 Å². The molecule has 0 saturated carbocycles. The van der Waals surface area contributed by atoms with E-state index in [9.17, 15) is 4.79 Å². The van der Waals surface area contributed by atoms with E-state index < -0.39 is 5.97 Å². The van der Waals surface area contributed by atoms with E-state index in [2.05, 4.69) is 10.2 Å². The van der Waals surface area contributed by atoms with Crippen LogP contribution >= 0.6 is 0 Å². The SMILES string of the molecule is CCOC(=O)/C=N\N=C(/C=C\c1ccccc1)/C=C/c1ccccc1. The largest absolute Gasteiger partial charge is 0.462 e. The molecule has 0 atom stereocenters. The number of carbonyl (C=O) groups is 1. The van der Waals surface area contributed by atoms with Crippen LogP contribution in [-0.2, 0) is 9.53 Å². The summed E-state index contributed by atoms with van der Waals surface area (Å²) in [5.41, 5.74) is 2.73. The van der Waals surface area contributed by atoms with E-state index in [4.69, 9.17) is 4.74 Å². The van der Waals surface area contributed by atoms with Gasteiger partial charge in [0.25, 0.3) is 0 Å². The predicted molar refractivity (Wildman–Crippen MR) is 104 cm³/mol. The van der Waals surface area contributed by atoms with Gasteiger partial charge in [-0.05, 0) is 30.2 Å². The summed E-state index contributed by atoms with van der Waals surface area (Å²) in [6, 6.07) is 19.8. The molecule has 4 heteroatoms. The summed E-state index contributed by atoms with van der Waals surface area (Å²) in [7, 11) is 0.